The standard InChI is InChI=1S/C10H14O3/c11-8-5-9(13-10(12)6-8)7-3-1-2-4-7/h7,9H,1-6H2. The number of rotatable bonds is 1. The number of carbonyl (C=O) groups excluding carboxylic acids is 2. The van der Waals surface area contributed by atoms with Gasteiger partial charge in [0, 0.05) is 6.42 Å². The van der Waals surface area contributed by atoms with Crippen molar-refractivity contribution in [1.82, 2.24) is 0 Å². The van der Waals surface area contributed by atoms with Crippen LogP contribution in [0.25, 0.3) is 0 Å². The molecule has 1 saturated heterocycles. The minimum Gasteiger partial charge on any atom is -0.461 e. The Hall–Kier alpha value is -0.860. The van der Waals surface area contributed by atoms with Gasteiger partial charge in [0.25, 0.3) is 0 Å². The number of hydrogen-bond donors (Lipinski definition) is 0. The average Bonchev–Trinajstić information content (AvgIpc) is 2.53. The molecule has 2 rings (SSSR count). The fourth-order valence-corrected chi connectivity index (χ4v) is 2.30. The van der Waals surface area contributed by atoms with Crippen molar-refractivity contribution >= 4 is 11.8 Å². The number of esters is 1. The van der Waals surface area contributed by atoms with E-state index < -0.39 is 0 Å². The Bertz CT molecular complexity index is 212. The van der Waals surface area contributed by atoms with E-state index in [2.05, 4.69) is 0 Å². The molecule has 72 valence electrons. The molecule has 1 aliphatic carbocycles. The van der Waals surface area contributed by atoms with Gasteiger partial charge in [-0.15, -0.1) is 0 Å². The predicted molar refractivity (Wildman–Crippen MR) is 46.1 cm³/mol. The van der Waals surface area contributed by atoms with Crippen LogP contribution in [0.4, 0.5) is 0 Å². The van der Waals surface area contributed by atoms with Gasteiger partial charge in [0.15, 0.2) is 0 Å². The quantitative estimate of drug-likeness (QED) is 0.455. The molecule has 13 heavy (non-hydrogen) atoms. The molecule has 0 aromatic heterocycles. The Labute approximate surface area is 77.4 Å². The van der Waals surface area contributed by atoms with Gasteiger partial charge in [-0.2, -0.15) is 0 Å². The van der Waals surface area contributed by atoms with Gasteiger partial charge in [-0.05, 0) is 18.8 Å². The van der Waals surface area contributed by atoms with Gasteiger partial charge in [0.2, 0.25) is 0 Å². The van der Waals surface area contributed by atoms with Gasteiger partial charge in [-0.3, -0.25) is 9.59 Å². The molecule has 0 N–H and O–H groups in total. The number of cyclic esters (lactones) is 1. The summed E-state index contributed by atoms with van der Waals surface area (Å²) in [5.74, 6) is 0.175. The van der Waals surface area contributed by atoms with E-state index in [4.69, 9.17) is 4.74 Å². The summed E-state index contributed by atoms with van der Waals surface area (Å²) < 4.78 is 5.18. The maximum Gasteiger partial charge on any atom is 0.313 e. The largest absolute Gasteiger partial charge is 0.461 e. The van der Waals surface area contributed by atoms with Gasteiger partial charge in [0.1, 0.15) is 18.3 Å². The third kappa shape index (κ3) is 1.90. The van der Waals surface area contributed by atoms with E-state index in [1.54, 1.807) is 0 Å². The van der Waals surface area contributed by atoms with E-state index >= 15 is 0 Å². The van der Waals surface area contributed by atoms with Crippen molar-refractivity contribution in [1.29, 1.82) is 0 Å². The lowest BCUT2D eigenvalue weighted by Gasteiger charge is -2.26. The topological polar surface area (TPSA) is 43.4 Å². The van der Waals surface area contributed by atoms with Crippen molar-refractivity contribution < 1.29 is 14.3 Å². The van der Waals surface area contributed by atoms with Crippen LogP contribution in [0.15, 0.2) is 0 Å². The predicted octanol–water partition coefficient (Wildman–Crippen LogP) is 1.45. The summed E-state index contributed by atoms with van der Waals surface area (Å²) in [7, 11) is 0. The second kappa shape index (κ2) is 3.48. The van der Waals surface area contributed by atoms with Crippen LogP contribution in [0, 0.1) is 5.92 Å². The third-order valence-corrected chi connectivity index (χ3v) is 2.98. The minimum atomic E-state index is -0.326. The molecule has 1 atom stereocenters. The Morgan fingerprint density at radius 3 is 2.46 bits per heavy atom. The Morgan fingerprint density at radius 1 is 1.15 bits per heavy atom. The van der Waals surface area contributed by atoms with Crippen LogP contribution in [-0.4, -0.2) is 17.9 Å². The Balaban J connectivity index is 1.97. The zero-order chi connectivity index (χ0) is 9.26. The maximum atomic E-state index is 11.1. The normalized spacial score (nSPS) is 30.6. The monoisotopic (exact) mass is 182 g/mol. The van der Waals surface area contributed by atoms with Crippen LogP contribution in [0.3, 0.4) is 0 Å². The second-order valence-electron chi connectivity index (χ2n) is 3.99. The first-order valence-corrected chi connectivity index (χ1v) is 4.97. The smallest absolute Gasteiger partial charge is 0.313 e. The van der Waals surface area contributed by atoms with Gasteiger partial charge in [0.05, 0.1) is 0 Å². The van der Waals surface area contributed by atoms with E-state index in [1.807, 2.05) is 0 Å². The van der Waals surface area contributed by atoms with Crippen LogP contribution in [-0.2, 0) is 14.3 Å². The number of ether oxygens (including phenoxy) is 1. The highest BCUT2D eigenvalue weighted by atomic mass is 16.5. The molecule has 2 aliphatic rings. The molecule has 0 radical (unpaired) electrons. The highest BCUT2D eigenvalue weighted by molar-refractivity contribution is 5.97. The molecule has 3 heteroatoms. The highest BCUT2D eigenvalue weighted by Crippen LogP contribution is 2.32. The summed E-state index contributed by atoms with van der Waals surface area (Å²) in [6.45, 7) is 0. The first-order chi connectivity index (χ1) is 6.25. The molecule has 1 aliphatic heterocycles. The number of Topliss-reactive ketones (excluding diaryl/α,β-unsaturated/α-hetero) is 1. The van der Waals surface area contributed by atoms with Gasteiger partial charge in [-0.25, -0.2) is 0 Å². The average molecular weight is 182 g/mol. The van der Waals surface area contributed by atoms with Crippen molar-refractivity contribution in [2.24, 2.45) is 5.92 Å². The summed E-state index contributed by atoms with van der Waals surface area (Å²) in [4.78, 5) is 22.1. The van der Waals surface area contributed by atoms with Crippen molar-refractivity contribution in [3.05, 3.63) is 0 Å². The van der Waals surface area contributed by atoms with E-state index in [-0.39, 0.29) is 24.3 Å². The van der Waals surface area contributed by atoms with Crippen molar-refractivity contribution in [3.63, 3.8) is 0 Å². The fourth-order valence-electron chi connectivity index (χ4n) is 2.30. The first-order valence-electron chi connectivity index (χ1n) is 4.97. The Kier molecular flexibility index (Phi) is 2.34. The zero-order valence-corrected chi connectivity index (χ0v) is 7.62. The summed E-state index contributed by atoms with van der Waals surface area (Å²) >= 11 is 0. The van der Waals surface area contributed by atoms with Crippen LogP contribution in [0.1, 0.15) is 38.5 Å². The van der Waals surface area contributed by atoms with Crippen LogP contribution >= 0.6 is 0 Å². The van der Waals surface area contributed by atoms with Gasteiger partial charge < -0.3 is 4.74 Å². The lowest BCUT2D eigenvalue weighted by molar-refractivity contribution is -0.160. The van der Waals surface area contributed by atoms with Gasteiger partial charge in [-0.1, -0.05) is 12.8 Å². The number of ketones is 1. The molecule has 1 heterocycles. The third-order valence-electron chi connectivity index (χ3n) is 2.98. The van der Waals surface area contributed by atoms with Crippen LogP contribution in [0.5, 0.6) is 0 Å². The number of carbonyl (C=O) groups is 2. The molecule has 1 saturated carbocycles. The molecular formula is C10H14O3. The summed E-state index contributed by atoms with van der Waals surface area (Å²) in [6, 6.07) is 0. The van der Waals surface area contributed by atoms with E-state index in [0.717, 1.165) is 12.8 Å². The molecule has 0 aromatic rings. The molecule has 2 fully saturated rings. The molecule has 0 bridgehead atoms. The van der Waals surface area contributed by atoms with E-state index in [9.17, 15) is 9.59 Å². The van der Waals surface area contributed by atoms with Gasteiger partial charge >= 0.3 is 5.97 Å². The molecule has 3 nitrogen and oxygen atoms in total. The van der Waals surface area contributed by atoms with Crippen LogP contribution < -0.4 is 0 Å². The molecule has 0 spiro atoms. The minimum absolute atomic E-state index is 0.0107. The first kappa shape index (κ1) is 8.73. The van der Waals surface area contributed by atoms with E-state index in [0.29, 0.717) is 12.3 Å². The SMILES string of the molecule is O=C1CC(=O)OC(C2CCCC2)C1. The van der Waals surface area contributed by atoms with Crippen molar-refractivity contribution in [2.75, 3.05) is 0 Å². The molecule has 0 aromatic carbocycles. The number of hydrogen-bond acceptors (Lipinski definition) is 3. The summed E-state index contributed by atoms with van der Waals surface area (Å²) in [5, 5.41) is 0. The molecule has 0 amide bonds. The lowest BCUT2D eigenvalue weighted by atomic mass is 9.94. The molecular weight excluding hydrogens is 168 g/mol. The highest BCUT2D eigenvalue weighted by Gasteiger charge is 2.33. The van der Waals surface area contributed by atoms with E-state index in [1.165, 1.54) is 12.8 Å². The maximum absolute atomic E-state index is 11.1. The zero-order valence-electron chi connectivity index (χ0n) is 7.62. The van der Waals surface area contributed by atoms with Crippen molar-refractivity contribution in [2.45, 2.75) is 44.6 Å². The second-order valence-corrected chi connectivity index (χ2v) is 3.99. The Morgan fingerprint density at radius 2 is 1.85 bits per heavy atom. The lowest BCUT2D eigenvalue weighted by Crippen LogP contribution is -2.34. The summed E-state index contributed by atoms with van der Waals surface area (Å²) in [5.41, 5.74) is 0. The molecule has 1 unspecified atom stereocenters. The van der Waals surface area contributed by atoms with Crippen molar-refractivity contribution in [3.8, 4) is 0 Å². The summed E-state index contributed by atoms with van der Waals surface area (Å²) in [6.07, 6.45) is 5.01. The van der Waals surface area contributed by atoms with Crippen LogP contribution in [0.2, 0.25) is 0 Å². The fraction of sp³-hybridized carbons (Fsp3) is 0.800.